The van der Waals surface area contributed by atoms with Crippen molar-refractivity contribution in [3.63, 3.8) is 0 Å². The molecule has 0 aromatic heterocycles. The van der Waals surface area contributed by atoms with Crippen molar-refractivity contribution in [3.05, 3.63) is 62.9 Å². The Morgan fingerprint density at radius 1 is 1.33 bits per heavy atom. The first-order valence-electron chi connectivity index (χ1n) is 6.05. The molecule has 0 radical (unpaired) electrons. The van der Waals surface area contributed by atoms with Crippen LogP contribution in [0.4, 0.5) is 10.1 Å². The second-order valence-electron chi connectivity index (χ2n) is 4.30. The molecule has 0 amide bonds. The molecule has 0 aliphatic rings. The Morgan fingerprint density at radius 2 is 2.10 bits per heavy atom. The van der Waals surface area contributed by atoms with Crippen molar-refractivity contribution in [3.8, 4) is 11.5 Å². The molecule has 2 aromatic rings. The Bertz CT molecular complexity index is 679. The quantitative estimate of drug-likeness (QED) is 0.672. The van der Waals surface area contributed by atoms with Gasteiger partial charge in [0, 0.05) is 29.8 Å². The first-order chi connectivity index (χ1) is 9.99. The van der Waals surface area contributed by atoms with Gasteiger partial charge < -0.3 is 10.1 Å². The number of hydrogen-bond acceptors (Lipinski definition) is 4. The summed E-state index contributed by atoms with van der Waals surface area (Å²) in [5, 5.41) is 14.1. The number of ether oxygens (including phenoxy) is 1. The van der Waals surface area contributed by atoms with E-state index in [2.05, 4.69) is 5.32 Å². The number of halogens is 2. The lowest BCUT2D eigenvalue weighted by Crippen LogP contribution is -2.05. The van der Waals surface area contributed by atoms with Crippen LogP contribution in [-0.2, 0) is 6.54 Å². The molecule has 1 N–H and O–H groups in total. The molecule has 0 unspecified atom stereocenters. The summed E-state index contributed by atoms with van der Waals surface area (Å²) in [5.41, 5.74) is 0.427. The minimum Gasteiger partial charge on any atom is -0.450 e. The Balaban J connectivity index is 2.37. The SMILES string of the molecule is CNCc1cc(F)cc(Oc2cc(Cl)ccc2[N+](=O)[O-])c1. The van der Waals surface area contributed by atoms with Crippen LogP contribution in [0.3, 0.4) is 0 Å². The molecule has 21 heavy (non-hydrogen) atoms. The number of rotatable bonds is 5. The van der Waals surface area contributed by atoms with Gasteiger partial charge in [0.1, 0.15) is 11.6 Å². The van der Waals surface area contributed by atoms with E-state index in [-0.39, 0.29) is 17.2 Å². The second-order valence-corrected chi connectivity index (χ2v) is 4.73. The van der Waals surface area contributed by atoms with Crippen molar-refractivity contribution in [2.75, 3.05) is 7.05 Å². The van der Waals surface area contributed by atoms with Crippen LogP contribution in [0.5, 0.6) is 11.5 Å². The van der Waals surface area contributed by atoms with Crippen LogP contribution >= 0.6 is 11.6 Å². The molecule has 0 atom stereocenters. The maximum absolute atomic E-state index is 13.5. The fourth-order valence-electron chi connectivity index (χ4n) is 1.83. The number of benzene rings is 2. The van der Waals surface area contributed by atoms with Crippen molar-refractivity contribution < 1.29 is 14.1 Å². The van der Waals surface area contributed by atoms with Gasteiger partial charge in [0.2, 0.25) is 5.75 Å². The van der Waals surface area contributed by atoms with E-state index in [1.54, 1.807) is 13.1 Å². The van der Waals surface area contributed by atoms with E-state index in [1.165, 1.54) is 24.3 Å². The van der Waals surface area contributed by atoms with E-state index in [4.69, 9.17) is 16.3 Å². The molecule has 0 bridgehead atoms. The van der Waals surface area contributed by atoms with Gasteiger partial charge in [0.15, 0.2) is 0 Å². The van der Waals surface area contributed by atoms with Crippen molar-refractivity contribution in [2.24, 2.45) is 0 Å². The van der Waals surface area contributed by atoms with E-state index < -0.39 is 10.7 Å². The fraction of sp³-hybridized carbons (Fsp3) is 0.143. The average molecular weight is 311 g/mol. The van der Waals surface area contributed by atoms with Crippen LogP contribution in [0.25, 0.3) is 0 Å². The molecule has 110 valence electrons. The van der Waals surface area contributed by atoms with Crippen molar-refractivity contribution in [1.29, 1.82) is 0 Å². The molecule has 7 heteroatoms. The molecule has 0 saturated carbocycles. The molecule has 0 spiro atoms. The molecule has 0 aliphatic carbocycles. The van der Waals surface area contributed by atoms with Gasteiger partial charge in [0.25, 0.3) is 0 Å². The second kappa shape index (κ2) is 6.51. The fourth-order valence-corrected chi connectivity index (χ4v) is 2.00. The third-order valence-electron chi connectivity index (χ3n) is 2.66. The summed E-state index contributed by atoms with van der Waals surface area (Å²) in [4.78, 5) is 10.4. The third-order valence-corrected chi connectivity index (χ3v) is 2.89. The van der Waals surface area contributed by atoms with Gasteiger partial charge in [-0.25, -0.2) is 4.39 Å². The molecule has 2 aromatic carbocycles. The lowest BCUT2D eigenvalue weighted by molar-refractivity contribution is -0.385. The highest BCUT2D eigenvalue weighted by Gasteiger charge is 2.16. The van der Waals surface area contributed by atoms with Gasteiger partial charge in [-0.15, -0.1) is 0 Å². The standard InChI is InChI=1S/C14H12ClFN2O3/c1-17-8-9-4-11(16)7-12(5-9)21-14-6-10(15)2-3-13(14)18(19)20/h2-7,17H,8H2,1H3. The Morgan fingerprint density at radius 3 is 2.76 bits per heavy atom. The predicted octanol–water partition coefficient (Wildman–Crippen LogP) is 3.90. The summed E-state index contributed by atoms with van der Waals surface area (Å²) in [6.45, 7) is 0.450. The highest BCUT2D eigenvalue weighted by atomic mass is 35.5. The minimum atomic E-state index is -0.584. The van der Waals surface area contributed by atoms with Gasteiger partial charge >= 0.3 is 5.69 Å². The normalized spacial score (nSPS) is 10.4. The average Bonchev–Trinajstić information content (AvgIpc) is 2.38. The van der Waals surface area contributed by atoms with E-state index in [9.17, 15) is 14.5 Å². The largest absolute Gasteiger partial charge is 0.450 e. The van der Waals surface area contributed by atoms with Gasteiger partial charge in [-0.05, 0) is 30.8 Å². The Hall–Kier alpha value is -2.18. The zero-order valence-electron chi connectivity index (χ0n) is 11.1. The summed E-state index contributed by atoms with van der Waals surface area (Å²) in [5.74, 6) is -0.346. The van der Waals surface area contributed by atoms with E-state index in [0.29, 0.717) is 17.1 Å². The van der Waals surface area contributed by atoms with Crippen LogP contribution in [0.2, 0.25) is 5.02 Å². The maximum Gasteiger partial charge on any atom is 0.311 e. The maximum atomic E-state index is 13.5. The van der Waals surface area contributed by atoms with Crippen molar-refractivity contribution >= 4 is 17.3 Å². The highest BCUT2D eigenvalue weighted by molar-refractivity contribution is 6.30. The lowest BCUT2D eigenvalue weighted by Gasteiger charge is -2.09. The summed E-state index contributed by atoms with van der Waals surface area (Å²) in [6.07, 6.45) is 0. The van der Waals surface area contributed by atoms with Gasteiger partial charge in [0.05, 0.1) is 4.92 Å². The van der Waals surface area contributed by atoms with Crippen LogP contribution in [-0.4, -0.2) is 12.0 Å². The van der Waals surface area contributed by atoms with Crippen LogP contribution < -0.4 is 10.1 Å². The molecular formula is C14H12ClFN2O3. The van der Waals surface area contributed by atoms with Gasteiger partial charge in [-0.2, -0.15) is 0 Å². The topological polar surface area (TPSA) is 64.4 Å². The van der Waals surface area contributed by atoms with Gasteiger partial charge in [-0.1, -0.05) is 11.6 Å². The van der Waals surface area contributed by atoms with Gasteiger partial charge in [-0.3, -0.25) is 10.1 Å². The number of nitro groups is 1. The van der Waals surface area contributed by atoms with Crippen molar-refractivity contribution in [1.82, 2.24) is 5.32 Å². The first kappa shape index (κ1) is 15.2. The number of nitro benzene ring substituents is 1. The lowest BCUT2D eigenvalue weighted by atomic mass is 10.2. The molecule has 2 rings (SSSR count). The molecule has 0 saturated heterocycles. The van der Waals surface area contributed by atoms with Crippen LogP contribution in [0.15, 0.2) is 36.4 Å². The Labute approximate surface area is 125 Å². The molecule has 0 aliphatic heterocycles. The zero-order chi connectivity index (χ0) is 15.4. The first-order valence-corrected chi connectivity index (χ1v) is 6.43. The monoisotopic (exact) mass is 310 g/mol. The van der Waals surface area contributed by atoms with E-state index in [0.717, 1.165) is 6.07 Å². The summed E-state index contributed by atoms with van der Waals surface area (Å²) >= 11 is 5.81. The molecule has 0 fully saturated rings. The number of nitrogens with zero attached hydrogens (tertiary/aromatic N) is 1. The smallest absolute Gasteiger partial charge is 0.311 e. The summed E-state index contributed by atoms with van der Waals surface area (Å²) in [6, 6.07) is 8.07. The molecule has 0 heterocycles. The Kier molecular flexibility index (Phi) is 4.72. The molecular weight excluding hydrogens is 299 g/mol. The number of hydrogen-bond donors (Lipinski definition) is 1. The zero-order valence-corrected chi connectivity index (χ0v) is 11.9. The summed E-state index contributed by atoms with van der Waals surface area (Å²) in [7, 11) is 1.73. The molecule has 5 nitrogen and oxygen atoms in total. The van der Waals surface area contributed by atoms with Crippen LogP contribution in [0.1, 0.15) is 5.56 Å². The highest BCUT2D eigenvalue weighted by Crippen LogP contribution is 2.34. The number of nitrogens with one attached hydrogen (secondary N) is 1. The predicted molar refractivity (Wildman–Crippen MR) is 77.3 cm³/mol. The summed E-state index contributed by atoms with van der Waals surface area (Å²) < 4.78 is 18.9. The minimum absolute atomic E-state index is 0.0338. The van der Waals surface area contributed by atoms with Crippen LogP contribution in [0, 0.1) is 15.9 Å². The third kappa shape index (κ3) is 3.90. The van der Waals surface area contributed by atoms with E-state index in [1.807, 2.05) is 0 Å². The van der Waals surface area contributed by atoms with Crippen molar-refractivity contribution in [2.45, 2.75) is 6.54 Å². The van der Waals surface area contributed by atoms with E-state index >= 15 is 0 Å².